The molecule has 3 N–H and O–H groups in total. The van der Waals surface area contributed by atoms with Crippen molar-refractivity contribution in [3.8, 4) is 0 Å². The number of nitrogens with zero attached hydrogens (tertiary/aromatic N) is 2. The van der Waals surface area contributed by atoms with Gasteiger partial charge in [-0.1, -0.05) is 6.92 Å². The van der Waals surface area contributed by atoms with E-state index < -0.39 is 0 Å². The fraction of sp³-hybridized carbons (Fsp3) is 0.692. The van der Waals surface area contributed by atoms with Crippen molar-refractivity contribution in [1.29, 1.82) is 0 Å². The fourth-order valence-corrected chi connectivity index (χ4v) is 1.70. The van der Waals surface area contributed by atoms with Gasteiger partial charge in [-0.2, -0.15) is 0 Å². The minimum atomic E-state index is 0.188. The summed E-state index contributed by atoms with van der Waals surface area (Å²) < 4.78 is 0. The van der Waals surface area contributed by atoms with Crippen LogP contribution in [0, 0.1) is 5.92 Å². The van der Waals surface area contributed by atoms with Crippen LogP contribution in [0.15, 0.2) is 6.07 Å². The number of aliphatic hydroxyl groups excluding tert-OH is 1. The molecule has 1 aliphatic carbocycles. The van der Waals surface area contributed by atoms with Crippen LogP contribution in [-0.2, 0) is 0 Å². The maximum absolute atomic E-state index is 9.02. The van der Waals surface area contributed by atoms with Gasteiger partial charge in [0.05, 0.1) is 0 Å². The van der Waals surface area contributed by atoms with Crippen molar-refractivity contribution < 1.29 is 5.11 Å². The van der Waals surface area contributed by atoms with Gasteiger partial charge >= 0.3 is 0 Å². The highest BCUT2D eigenvalue weighted by molar-refractivity contribution is 5.48. The van der Waals surface area contributed by atoms with E-state index in [0.717, 1.165) is 30.5 Å². The Balaban J connectivity index is 2.07. The second-order valence-corrected chi connectivity index (χ2v) is 4.97. The molecule has 0 spiro atoms. The third-order valence-electron chi connectivity index (χ3n) is 2.99. The Labute approximate surface area is 108 Å². The van der Waals surface area contributed by atoms with E-state index in [2.05, 4.69) is 27.5 Å². The van der Waals surface area contributed by atoms with E-state index in [1.165, 1.54) is 12.8 Å². The van der Waals surface area contributed by atoms with Crippen LogP contribution in [0.4, 0.5) is 11.6 Å². The molecule has 1 aromatic rings. The number of hydrogen-bond acceptors (Lipinski definition) is 5. The largest absolute Gasteiger partial charge is 0.396 e. The van der Waals surface area contributed by atoms with Gasteiger partial charge in [0.1, 0.15) is 17.5 Å². The monoisotopic (exact) mass is 250 g/mol. The van der Waals surface area contributed by atoms with Crippen molar-refractivity contribution in [2.75, 3.05) is 30.3 Å². The second kappa shape index (κ2) is 6.00. The quantitative estimate of drug-likeness (QED) is 0.688. The van der Waals surface area contributed by atoms with Crippen LogP contribution in [0.25, 0.3) is 0 Å². The van der Waals surface area contributed by atoms with Crippen LogP contribution < -0.4 is 10.6 Å². The summed E-state index contributed by atoms with van der Waals surface area (Å²) in [5.41, 5.74) is 0. The summed E-state index contributed by atoms with van der Waals surface area (Å²) in [6.45, 7) is 5.82. The molecule has 0 radical (unpaired) electrons. The molecular weight excluding hydrogens is 228 g/mol. The van der Waals surface area contributed by atoms with Gasteiger partial charge in [-0.3, -0.25) is 0 Å². The summed E-state index contributed by atoms with van der Waals surface area (Å²) in [5.74, 6) is 3.44. The maximum Gasteiger partial charge on any atom is 0.136 e. The lowest BCUT2D eigenvalue weighted by molar-refractivity contribution is 0.244. The number of anilines is 2. The summed E-state index contributed by atoms with van der Waals surface area (Å²) in [5, 5.41) is 15.5. The minimum absolute atomic E-state index is 0.188. The zero-order valence-corrected chi connectivity index (χ0v) is 11.1. The third kappa shape index (κ3) is 3.57. The lowest BCUT2D eigenvalue weighted by atomic mass is 10.2. The number of hydrogen-bond donors (Lipinski definition) is 3. The first-order chi connectivity index (χ1) is 8.72. The summed E-state index contributed by atoms with van der Waals surface area (Å²) in [6, 6.07) is 1.93. The van der Waals surface area contributed by atoms with Crippen molar-refractivity contribution >= 4 is 11.6 Å². The van der Waals surface area contributed by atoms with Gasteiger partial charge in [0.25, 0.3) is 0 Å². The Bertz CT molecular complexity index is 393. The molecule has 5 heteroatoms. The standard InChI is InChI=1S/C13H22N4O/c1-3-14-11-6-12(15-7-9(2)8-18)17-13(16-11)10-4-5-10/h6,9-10,18H,3-5,7-8H2,1-2H3,(H2,14,15,16,17). The predicted octanol–water partition coefficient (Wildman–Crippen LogP) is 1.83. The predicted molar refractivity (Wildman–Crippen MR) is 72.9 cm³/mol. The lowest BCUT2D eigenvalue weighted by Gasteiger charge is -2.12. The third-order valence-corrected chi connectivity index (χ3v) is 2.99. The molecule has 2 rings (SSSR count). The molecule has 1 aliphatic rings. The first-order valence-electron chi connectivity index (χ1n) is 6.70. The lowest BCUT2D eigenvalue weighted by Crippen LogP contribution is -2.16. The van der Waals surface area contributed by atoms with E-state index in [-0.39, 0.29) is 12.5 Å². The Morgan fingerprint density at radius 2 is 2.00 bits per heavy atom. The molecule has 1 atom stereocenters. The minimum Gasteiger partial charge on any atom is -0.396 e. The van der Waals surface area contributed by atoms with Crippen LogP contribution in [0.2, 0.25) is 0 Å². The number of aromatic nitrogens is 2. The molecule has 1 heterocycles. The van der Waals surface area contributed by atoms with Crippen LogP contribution in [0.1, 0.15) is 38.4 Å². The first-order valence-corrected chi connectivity index (χ1v) is 6.70. The second-order valence-electron chi connectivity index (χ2n) is 4.97. The van der Waals surface area contributed by atoms with Gasteiger partial charge in [0.15, 0.2) is 0 Å². The molecule has 1 fully saturated rings. The highest BCUT2D eigenvalue weighted by atomic mass is 16.3. The molecule has 0 aromatic carbocycles. The van der Waals surface area contributed by atoms with Crippen molar-refractivity contribution in [2.45, 2.75) is 32.6 Å². The molecule has 0 saturated heterocycles. The Kier molecular flexibility index (Phi) is 4.36. The molecule has 0 aliphatic heterocycles. The van der Waals surface area contributed by atoms with Gasteiger partial charge in [0.2, 0.25) is 0 Å². The van der Waals surface area contributed by atoms with E-state index in [9.17, 15) is 0 Å². The number of rotatable bonds is 7. The highest BCUT2D eigenvalue weighted by Crippen LogP contribution is 2.38. The fourth-order valence-electron chi connectivity index (χ4n) is 1.70. The molecule has 0 amide bonds. The van der Waals surface area contributed by atoms with Crippen molar-refractivity contribution in [3.63, 3.8) is 0 Å². The molecular formula is C13H22N4O. The Morgan fingerprint density at radius 3 is 2.56 bits per heavy atom. The SMILES string of the molecule is CCNc1cc(NCC(C)CO)nc(C2CC2)n1. The summed E-state index contributed by atoms with van der Waals surface area (Å²) in [7, 11) is 0. The van der Waals surface area contributed by atoms with Crippen molar-refractivity contribution in [1.82, 2.24) is 9.97 Å². The molecule has 100 valence electrons. The summed E-state index contributed by atoms with van der Waals surface area (Å²) >= 11 is 0. The smallest absolute Gasteiger partial charge is 0.136 e. The van der Waals surface area contributed by atoms with E-state index in [1.54, 1.807) is 0 Å². The first kappa shape index (κ1) is 13.1. The van der Waals surface area contributed by atoms with Gasteiger partial charge in [0, 0.05) is 31.7 Å². The highest BCUT2D eigenvalue weighted by Gasteiger charge is 2.27. The van der Waals surface area contributed by atoms with Crippen molar-refractivity contribution in [3.05, 3.63) is 11.9 Å². The van der Waals surface area contributed by atoms with Crippen LogP contribution in [-0.4, -0.2) is 34.8 Å². The van der Waals surface area contributed by atoms with Crippen molar-refractivity contribution in [2.24, 2.45) is 5.92 Å². The van der Waals surface area contributed by atoms with Crippen LogP contribution in [0.5, 0.6) is 0 Å². The molecule has 0 bridgehead atoms. The van der Waals surface area contributed by atoms with E-state index in [0.29, 0.717) is 5.92 Å². The van der Waals surface area contributed by atoms with Gasteiger partial charge in [-0.05, 0) is 25.7 Å². The van der Waals surface area contributed by atoms with Gasteiger partial charge in [-0.25, -0.2) is 9.97 Å². The molecule has 5 nitrogen and oxygen atoms in total. The maximum atomic E-state index is 9.02. The molecule has 1 aromatic heterocycles. The summed E-state index contributed by atoms with van der Waals surface area (Å²) in [4.78, 5) is 9.06. The van der Waals surface area contributed by atoms with Crippen LogP contribution >= 0.6 is 0 Å². The number of nitrogens with one attached hydrogen (secondary N) is 2. The Morgan fingerprint density at radius 1 is 1.33 bits per heavy atom. The topological polar surface area (TPSA) is 70.1 Å². The number of aliphatic hydroxyl groups is 1. The molecule has 1 saturated carbocycles. The summed E-state index contributed by atoms with van der Waals surface area (Å²) in [6.07, 6.45) is 2.39. The van der Waals surface area contributed by atoms with E-state index in [1.807, 2.05) is 13.0 Å². The van der Waals surface area contributed by atoms with E-state index in [4.69, 9.17) is 5.11 Å². The zero-order chi connectivity index (χ0) is 13.0. The van der Waals surface area contributed by atoms with Crippen LogP contribution in [0.3, 0.4) is 0 Å². The van der Waals surface area contributed by atoms with Gasteiger partial charge in [-0.15, -0.1) is 0 Å². The Hall–Kier alpha value is -1.36. The molecule has 18 heavy (non-hydrogen) atoms. The van der Waals surface area contributed by atoms with E-state index >= 15 is 0 Å². The average molecular weight is 250 g/mol. The van der Waals surface area contributed by atoms with Gasteiger partial charge < -0.3 is 15.7 Å². The average Bonchev–Trinajstić information content (AvgIpc) is 3.20. The molecule has 1 unspecified atom stereocenters. The normalized spacial score (nSPS) is 16.4. The zero-order valence-electron chi connectivity index (χ0n) is 11.1.